The first-order chi connectivity index (χ1) is 13.2. The number of carbonyl (C=O) groups is 1. The number of nitrogens with zero attached hydrogens (tertiary/aromatic N) is 2. The van der Waals surface area contributed by atoms with Gasteiger partial charge in [0.05, 0.1) is 5.69 Å². The van der Waals surface area contributed by atoms with Gasteiger partial charge in [-0.15, -0.1) is 0 Å². The van der Waals surface area contributed by atoms with Gasteiger partial charge >= 0.3 is 6.09 Å². The number of aromatic nitrogens is 2. The molecule has 0 saturated heterocycles. The van der Waals surface area contributed by atoms with Crippen LogP contribution in [0.15, 0.2) is 79.0 Å². The van der Waals surface area contributed by atoms with E-state index in [1.807, 2.05) is 54.6 Å². The van der Waals surface area contributed by atoms with Crippen LogP contribution in [0.4, 0.5) is 4.79 Å². The second-order valence-electron chi connectivity index (χ2n) is 6.16. The third kappa shape index (κ3) is 3.62. The molecule has 0 unspecified atom stereocenters. The van der Waals surface area contributed by atoms with E-state index in [2.05, 4.69) is 28.5 Å². The molecule has 27 heavy (non-hydrogen) atoms. The van der Waals surface area contributed by atoms with Crippen LogP contribution < -0.4 is 5.32 Å². The first-order valence-electron chi connectivity index (χ1n) is 8.58. The van der Waals surface area contributed by atoms with Crippen molar-refractivity contribution in [2.24, 2.45) is 0 Å². The minimum Gasteiger partial charge on any atom is -0.465 e. The van der Waals surface area contributed by atoms with Crippen LogP contribution in [0.25, 0.3) is 33.4 Å². The summed E-state index contributed by atoms with van der Waals surface area (Å²) in [6.07, 6.45) is 0.704. The van der Waals surface area contributed by atoms with Crippen LogP contribution in [-0.4, -0.2) is 21.2 Å². The molecule has 4 rings (SSSR count). The fourth-order valence-corrected chi connectivity index (χ4v) is 3.02. The van der Waals surface area contributed by atoms with Gasteiger partial charge in [-0.1, -0.05) is 54.6 Å². The van der Waals surface area contributed by atoms with Gasteiger partial charge in [0.2, 0.25) is 0 Å². The molecule has 2 aromatic heterocycles. The highest BCUT2D eigenvalue weighted by Gasteiger charge is 2.12. The number of benzene rings is 2. The zero-order valence-electron chi connectivity index (χ0n) is 14.5. The topological polar surface area (TPSA) is 75.1 Å². The number of carboxylic acid groups (broad SMARTS) is 1. The number of rotatable bonds is 4. The van der Waals surface area contributed by atoms with Crippen LogP contribution in [0.3, 0.4) is 0 Å². The third-order valence-electron chi connectivity index (χ3n) is 4.35. The summed E-state index contributed by atoms with van der Waals surface area (Å²) in [5.41, 5.74) is 5.52. The molecule has 5 heteroatoms. The minimum atomic E-state index is -1.03. The van der Waals surface area contributed by atoms with Gasteiger partial charge < -0.3 is 10.4 Å². The summed E-state index contributed by atoms with van der Waals surface area (Å²) in [7, 11) is 0. The Hall–Kier alpha value is -3.73. The molecule has 2 heterocycles. The summed E-state index contributed by atoms with van der Waals surface area (Å²) in [4.78, 5) is 19.8. The number of amides is 1. The van der Waals surface area contributed by atoms with Crippen molar-refractivity contribution in [2.75, 3.05) is 0 Å². The number of pyridine rings is 2. The van der Waals surface area contributed by atoms with E-state index in [1.54, 1.807) is 6.20 Å². The summed E-state index contributed by atoms with van der Waals surface area (Å²) >= 11 is 0. The Kier molecular flexibility index (Phi) is 4.49. The SMILES string of the molecule is O=C(O)NCc1ccc(-c2nc3ncccc3cc2-c2ccccc2)cc1. The molecule has 0 aliphatic heterocycles. The summed E-state index contributed by atoms with van der Waals surface area (Å²) in [6, 6.07) is 23.9. The molecule has 0 radical (unpaired) electrons. The molecule has 2 aromatic carbocycles. The average Bonchev–Trinajstić information content (AvgIpc) is 2.72. The highest BCUT2D eigenvalue weighted by molar-refractivity contribution is 5.90. The smallest absolute Gasteiger partial charge is 0.404 e. The number of hydrogen-bond donors (Lipinski definition) is 2. The van der Waals surface area contributed by atoms with E-state index in [0.29, 0.717) is 5.65 Å². The van der Waals surface area contributed by atoms with Crippen molar-refractivity contribution in [1.82, 2.24) is 15.3 Å². The Balaban J connectivity index is 1.81. The molecule has 5 nitrogen and oxygen atoms in total. The fourth-order valence-electron chi connectivity index (χ4n) is 3.02. The molecule has 132 valence electrons. The van der Waals surface area contributed by atoms with Gasteiger partial charge in [-0.2, -0.15) is 0 Å². The van der Waals surface area contributed by atoms with Gasteiger partial charge in [-0.05, 0) is 29.3 Å². The molecule has 0 bridgehead atoms. The van der Waals surface area contributed by atoms with Crippen LogP contribution in [0.5, 0.6) is 0 Å². The van der Waals surface area contributed by atoms with Crippen LogP contribution >= 0.6 is 0 Å². The second-order valence-corrected chi connectivity index (χ2v) is 6.16. The van der Waals surface area contributed by atoms with Gasteiger partial charge in [-0.3, -0.25) is 0 Å². The van der Waals surface area contributed by atoms with E-state index in [0.717, 1.165) is 33.3 Å². The predicted molar refractivity (Wildman–Crippen MR) is 105 cm³/mol. The standard InChI is InChI=1S/C22H17N3O2/c26-22(27)24-14-15-8-10-17(11-9-15)20-19(16-5-2-1-3-6-16)13-18-7-4-12-23-21(18)25-20/h1-13,24H,14H2,(H,26,27). The van der Waals surface area contributed by atoms with Crippen LogP contribution in [0.2, 0.25) is 0 Å². The lowest BCUT2D eigenvalue weighted by Gasteiger charge is -2.12. The Morgan fingerprint density at radius 1 is 0.926 bits per heavy atom. The normalized spacial score (nSPS) is 10.7. The summed E-state index contributed by atoms with van der Waals surface area (Å²) in [6.45, 7) is 0.272. The van der Waals surface area contributed by atoms with Crippen LogP contribution in [0, 0.1) is 0 Å². The molecule has 0 saturated carbocycles. The van der Waals surface area contributed by atoms with E-state index in [4.69, 9.17) is 10.1 Å². The highest BCUT2D eigenvalue weighted by Crippen LogP contribution is 2.32. The van der Waals surface area contributed by atoms with E-state index in [-0.39, 0.29) is 6.54 Å². The number of fused-ring (bicyclic) bond motifs is 1. The van der Waals surface area contributed by atoms with E-state index < -0.39 is 6.09 Å². The van der Waals surface area contributed by atoms with E-state index in [9.17, 15) is 4.79 Å². The summed E-state index contributed by atoms with van der Waals surface area (Å²) in [5, 5.41) is 12.1. The monoisotopic (exact) mass is 355 g/mol. The zero-order valence-corrected chi connectivity index (χ0v) is 14.5. The fraction of sp³-hybridized carbons (Fsp3) is 0.0455. The lowest BCUT2D eigenvalue weighted by molar-refractivity contribution is 0.194. The largest absolute Gasteiger partial charge is 0.465 e. The first-order valence-corrected chi connectivity index (χ1v) is 8.58. The maximum atomic E-state index is 10.7. The minimum absolute atomic E-state index is 0.272. The van der Waals surface area contributed by atoms with Crippen molar-refractivity contribution in [3.63, 3.8) is 0 Å². The van der Waals surface area contributed by atoms with Gasteiger partial charge in [0.25, 0.3) is 0 Å². The lowest BCUT2D eigenvalue weighted by atomic mass is 9.97. The Bertz CT molecular complexity index is 1090. The number of hydrogen-bond acceptors (Lipinski definition) is 3. The van der Waals surface area contributed by atoms with Crippen molar-refractivity contribution in [2.45, 2.75) is 6.54 Å². The van der Waals surface area contributed by atoms with E-state index in [1.165, 1.54) is 0 Å². The van der Waals surface area contributed by atoms with Crippen molar-refractivity contribution in [3.8, 4) is 22.4 Å². The Morgan fingerprint density at radius 3 is 2.44 bits per heavy atom. The maximum absolute atomic E-state index is 10.7. The van der Waals surface area contributed by atoms with Gasteiger partial charge in [0, 0.05) is 29.3 Å². The third-order valence-corrected chi connectivity index (χ3v) is 4.35. The highest BCUT2D eigenvalue weighted by atomic mass is 16.4. The molecule has 0 fully saturated rings. The molecule has 0 aliphatic rings. The Labute approximate surface area is 156 Å². The Morgan fingerprint density at radius 2 is 1.70 bits per heavy atom. The van der Waals surface area contributed by atoms with Gasteiger partial charge in [0.15, 0.2) is 5.65 Å². The first kappa shape index (κ1) is 16.7. The molecule has 0 spiro atoms. The van der Waals surface area contributed by atoms with Crippen molar-refractivity contribution >= 4 is 17.1 Å². The summed E-state index contributed by atoms with van der Waals surface area (Å²) in [5.74, 6) is 0. The second kappa shape index (κ2) is 7.25. The molecular weight excluding hydrogens is 338 g/mol. The maximum Gasteiger partial charge on any atom is 0.404 e. The molecule has 2 N–H and O–H groups in total. The molecular formula is C22H17N3O2. The average molecular weight is 355 g/mol. The quantitative estimate of drug-likeness (QED) is 0.555. The van der Waals surface area contributed by atoms with Gasteiger partial charge in [-0.25, -0.2) is 14.8 Å². The zero-order chi connectivity index (χ0) is 18.6. The van der Waals surface area contributed by atoms with Crippen molar-refractivity contribution in [3.05, 3.63) is 84.6 Å². The molecule has 0 aliphatic carbocycles. The lowest BCUT2D eigenvalue weighted by Crippen LogP contribution is -2.19. The van der Waals surface area contributed by atoms with Crippen molar-refractivity contribution < 1.29 is 9.90 Å². The predicted octanol–water partition coefficient (Wildman–Crippen LogP) is 4.73. The number of nitrogens with one attached hydrogen (secondary N) is 1. The molecule has 0 atom stereocenters. The molecule has 1 amide bonds. The van der Waals surface area contributed by atoms with Crippen molar-refractivity contribution in [1.29, 1.82) is 0 Å². The van der Waals surface area contributed by atoms with Crippen LogP contribution in [-0.2, 0) is 6.54 Å². The molecule has 4 aromatic rings. The van der Waals surface area contributed by atoms with E-state index >= 15 is 0 Å². The summed E-state index contributed by atoms with van der Waals surface area (Å²) < 4.78 is 0. The van der Waals surface area contributed by atoms with Gasteiger partial charge in [0.1, 0.15) is 0 Å². The van der Waals surface area contributed by atoms with Crippen LogP contribution in [0.1, 0.15) is 5.56 Å².